The highest BCUT2D eigenvalue weighted by molar-refractivity contribution is 6.28. The van der Waals surface area contributed by atoms with Crippen molar-refractivity contribution in [3.63, 3.8) is 0 Å². The smallest absolute Gasteiger partial charge is 0.224 e. The minimum absolute atomic E-state index is 0.0747. The first-order valence-electron chi connectivity index (χ1n) is 7.17. The van der Waals surface area contributed by atoms with Crippen LogP contribution in [0.5, 0.6) is 0 Å². The Morgan fingerprint density at radius 3 is 2.74 bits per heavy atom. The van der Waals surface area contributed by atoms with E-state index in [2.05, 4.69) is 29.0 Å². The third kappa shape index (κ3) is 2.34. The lowest BCUT2D eigenvalue weighted by atomic mass is 10.2. The predicted octanol–water partition coefficient (Wildman–Crippen LogP) is 3.87. The fourth-order valence-electron chi connectivity index (χ4n) is 2.69. The standard InChI is InChI=1S/C16H13ClFN5/c1-22(2)11-4-3-5-12(20-11)23-14(9-6-7-9)13(18)10-8-19-16(17)21-15(10)23/h3-5,8-9H,1-2,6-7H2. The van der Waals surface area contributed by atoms with Crippen LogP contribution in [0.1, 0.15) is 24.5 Å². The summed E-state index contributed by atoms with van der Waals surface area (Å²) in [5, 5.41) is 0.426. The molecule has 0 aliphatic heterocycles. The molecule has 2 radical (unpaired) electrons. The molecule has 7 heteroatoms. The van der Waals surface area contributed by atoms with Gasteiger partial charge in [-0.05, 0) is 36.6 Å². The maximum atomic E-state index is 14.9. The number of hydrogen-bond acceptors (Lipinski definition) is 4. The number of halogens is 2. The zero-order valence-electron chi connectivity index (χ0n) is 12.2. The second-order valence-corrected chi connectivity index (χ2v) is 5.92. The number of pyridine rings is 1. The Bertz CT molecular complexity index is 901. The minimum atomic E-state index is -0.299. The monoisotopic (exact) mass is 329 g/mol. The van der Waals surface area contributed by atoms with Crippen LogP contribution in [0.15, 0.2) is 24.4 Å². The molecule has 0 bridgehead atoms. The highest BCUT2D eigenvalue weighted by Gasteiger charge is 2.34. The van der Waals surface area contributed by atoms with Crippen molar-refractivity contribution in [2.45, 2.75) is 18.8 Å². The topological polar surface area (TPSA) is 46.8 Å². The minimum Gasteiger partial charge on any atom is -0.353 e. The fourth-order valence-corrected chi connectivity index (χ4v) is 2.82. The van der Waals surface area contributed by atoms with E-state index in [1.165, 1.54) is 11.1 Å². The van der Waals surface area contributed by atoms with Gasteiger partial charge in [0.1, 0.15) is 11.6 Å². The molecule has 0 N–H and O–H groups in total. The maximum Gasteiger partial charge on any atom is 0.224 e. The quantitative estimate of drug-likeness (QED) is 0.684. The van der Waals surface area contributed by atoms with Crippen molar-refractivity contribution in [3.05, 3.63) is 55.3 Å². The van der Waals surface area contributed by atoms with E-state index < -0.39 is 0 Å². The zero-order chi connectivity index (χ0) is 16.1. The molecule has 3 aromatic heterocycles. The van der Waals surface area contributed by atoms with Crippen molar-refractivity contribution >= 4 is 28.5 Å². The van der Waals surface area contributed by atoms with Crippen LogP contribution in [0.2, 0.25) is 5.28 Å². The Kier molecular flexibility index (Phi) is 3.23. The number of nitrogens with zero attached hydrogens (tertiary/aromatic N) is 5. The van der Waals surface area contributed by atoms with E-state index in [0.717, 1.165) is 12.8 Å². The summed E-state index contributed by atoms with van der Waals surface area (Å²) >= 11 is 5.91. The van der Waals surface area contributed by atoms with E-state index >= 15 is 0 Å². The van der Waals surface area contributed by atoms with E-state index in [0.29, 0.717) is 28.4 Å². The molecule has 116 valence electrons. The summed E-state index contributed by atoms with van der Waals surface area (Å²) in [6.07, 6.45) is 3.32. The van der Waals surface area contributed by atoms with Gasteiger partial charge in [-0.2, -0.15) is 4.98 Å². The van der Waals surface area contributed by atoms with Crippen molar-refractivity contribution in [2.24, 2.45) is 0 Å². The summed E-state index contributed by atoms with van der Waals surface area (Å²) in [6.45, 7) is 0. The Morgan fingerprint density at radius 1 is 1.26 bits per heavy atom. The molecule has 0 amide bonds. The van der Waals surface area contributed by atoms with E-state index in [4.69, 9.17) is 11.6 Å². The second-order valence-electron chi connectivity index (χ2n) is 5.58. The molecule has 3 heterocycles. The van der Waals surface area contributed by atoms with Gasteiger partial charge in [-0.3, -0.25) is 4.57 Å². The van der Waals surface area contributed by atoms with Crippen molar-refractivity contribution < 1.29 is 4.39 Å². The molecule has 1 saturated carbocycles. The van der Waals surface area contributed by atoms with E-state index in [-0.39, 0.29) is 17.0 Å². The third-order valence-corrected chi connectivity index (χ3v) is 4.07. The average molecular weight is 330 g/mol. The Labute approximate surface area is 137 Å². The summed E-state index contributed by atoms with van der Waals surface area (Å²) < 4.78 is 16.6. The molecule has 0 unspecified atom stereocenters. The SMILES string of the molecule is [CH2]N([CH2])c1cccc(-n2c(C3CC3)c(F)c3cnc(Cl)nc32)n1. The van der Waals surface area contributed by atoms with Gasteiger partial charge in [0, 0.05) is 26.2 Å². The highest BCUT2D eigenvalue weighted by atomic mass is 35.5. The van der Waals surface area contributed by atoms with Gasteiger partial charge in [-0.1, -0.05) is 6.07 Å². The Hall–Kier alpha value is -2.21. The van der Waals surface area contributed by atoms with Crippen molar-refractivity contribution in [1.82, 2.24) is 19.5 Å². The average Bonchev–Trinajstić information content (AvgIpc) is 3.32. The van der Waals surface area contributed by atoms with Crippen LogP contribution in [-0.4, -0.2) is 19.5 Å². The zero-order valence-corrected chi connectivity index (χ0v) is 13.0. The molecule has 23 heavy (non-hydrogen) atoms. The first-order chi connectivity index (χ1) is 11.1. The molecule has 1 aliphatic carbocycles. The Morgan fingerprint density at radius 2 is 2.04 bits per heavy atom. The molecule has 0 atom stereocenters. The molecule has 1 fully saturated rings. The number of hydrogen-bond donors (Lipinski definition) is 0. The molecule has 0 aromatic carbocycles. The van der Waals surface area contributed by atoms with Crippen molar-refractivity contribution in [1.29, 1.82) is 0 Å². The van der Waals surface area contributed by atoms with Crippen LogP contribution in [0, 0.1) is 19.9 Å². The van der Waals surface area contributed by atoms with Gasteiger partial charge in [0.05, 0.1) is 11.1 Å². The summed E-state index contributed by atoms with van der Waals surface area (Å²) in [7, 11) is 7.45. The number of fused-ring (bicyclic) bond motifs is 1. The van der Waals surface area contributed by atoms with E-state index in [1.54, 1.807) is 16.7 Å². The van der Waals surface area contributed by atoms with Crippen LogP contribution in [-0.2, 0) is 0 Å². The molecule has 0 spiro atoms. The van der Waals surface area contributed by atoms with Gasteiger partial charge in [-0.15, -0.1) is 0 Å². The van der Waals surface area contributed by atoms with Gasteiger partial charge in [0.2, 0.25) is 5.28 Å². The number of rotatable bonds is 3. The fraction of sp³-hybridized carbons (Fsp3) is 0.188. The summed E-state index contributed by atoms with van der Waals surface area (Å²) in [5.41, 5.74) is 1.01. The summed E-state index contributed by atoms with van der Waals surface area (Å²) in [6, 6.07) is 5.41. The lowest BCUT2D eigenvalue weighted by molar-refractivity contribution is 0.613. The lowest BCUT2D eigenvalue weighted by Gasteiger charge is -2.14. The van der Waals surface area contributed by atoms with Gasteiger partial charge in [0.15, 0.2) is 11.5 Å². The van der Waals surface area contributed by atoms with Crippen molar-refractivity contribution in [2.75, 3.05) is 4.90 Å². The molecule has 5 nitrogen and oxygen atoms in total. The number of aromatic nitrogens is 4. The molecular weight excluding hydrogens is 317 g/mol. The van der Waals surface area contributed by atoms with Crippen LogP contribution in [0.25, 0.3) is 16.9 Å². The van der Waals surface area contributed by atoms with E-state index in [1.807, 2.05) is 6.07 Å². The number of anilines is 1. The van der Waals surface area contributed by atoms with Gasteiger partial charge in [0.25, 0.3) is 0 Å². The first kappa shape index (κ1) is 14.4. The van der Waals surface area contributed by atoms with Gasteiger partial charge < -0.3 is 4.90 Å². The van der Waals surface area contributed by atoms with Crippen LogP contribution in [0.3, 0.4) is 0 Å². The molecule has 1 aliphatic rings. The molecule has 0 saturated heterocycles. The van der Waals surface area contributed by atoms with Gasteiger partial charge in [-0.25, -0.2) is 14.4 Å². The lowest BCUT2D eigenvalue weighted by Crippen LogP contribution is -2.09. The van der Waals surface area contributed by atoms with Crippen LogP contribution < -0.4 is 4.90 Å². The second kappa shape index (κ2) is 5.16. The molecular formula is C16H13ClFN5. The highest BCUT2D eigenvalue weighted by Crippen LogP contribution is 2.44. The molecule has 3 aromatic rings. The molecule has 4 rings (SSSR count). The van der Waals surface area contributed by atoms with E-state index in [9.17, 15) is 4.39 Å². The van der Waals surface area contributed by atoms with Gasteiger partial charge >= 0.3 is 0 Å². The van der Waals surface area contributed by atoms with Crippen LogP contribution >= 0.6 is 11.6 Å². The third-order valence-electron chi connectivity index (χ3n) is 3.89. The van der Waals surface area contributed by atoms with Crippen LogP contribution in [0.4, 0.5) is 10.2 Å². The first-order valence-corrected chi connectivity index (χ1v) is 7.55. The predicted molar refractivity (Wildman–Crippen MR) is 86.8 cm³/mol. The normalized spacial score (nSPS) is 14.4. The van der Waals surface area contributed by atoms with Crippen molar-refractivity contribution in [3.8, 4) is 5.82 Å². The Balaban J connectivity index is 2.03. The largest absolute Gasteiger partial charge is 0.353 e. The maximum absolute atomic E-state index is 14.9. The summed E-state index contributed by atoms with van der Waals surface area (Å²) in [5.74, 6) is 1.01. The summed E-state index contributed by atoms with van der Waals surface area (Å²) in [4.78, 5) is 14.0.